The van der Waals surface area contributed by atoms with E-state index in [1.165, 1.54) is 16.0 Å². The Kier molecular flexibility index (Phi) is 2.99. The van der Waals surface area contributed by atoms with Crippen LogP contribution in [0.25, 0.3) is 0 Å². The van der Waals surface area contributed by atoms with Crippen molar-refractivity contribution in [3.8, 4) is 0 Å². The molecule has 2 aliphatic carbocycles. The van der Waals surface area contributed by atoms with Crippen molar-refractivity contribution in [2.45, 2.75) is 32.7 Å². The highest BCUT2D eigenvalue weighted by Crippen LogP contribution is 2.96. The number of carbonyl (C=O) groups is 2. The van der Waals surface area contributed by atoms with Gasteiger partial charge in [-0.15, -0.1) is 23.4 Å². The van der Waals surface area contributed by atoms with E-state index in [0.29, 0.717) is 0 Å². The molecule has 4 atom stereocenters. The molecule has 2 aromatic rings. The van der Waals surface area contributed by atoms with Crippen LogP contribution in [0, 0.1) is 0 Å². The summed E-state index contributed by atoms with van der Waals surface area (Å²) in [6, 6.07) is 20.6. The van der Waals surface area contributed by atoms with E-state index in [9.17, 15) is 14.7 Å². The van der Waals surface area contributed by atoms with Gasteiger partial charge in [0.1, 0.15) is 16.4 Å². The fraction of sp³-hybridized carbons (Fsp3) is 0.273. The summed E-state index contributed by atoms with van der Waals surface area (Å²) in [4.78, 5) is 25.6. The van der Waals surface area contributed by atoms with Crippen molar-refractivity contribution in [2.75, 3.05) is 0 Å². The predicted octanol–water partition coefficient (Wildman–Crippen LogP) is 3.51. The van der Waals surface area contributed by atoms with Crippen LogP contribution in [0.2, 0.25) is 0 Å². The zero-order valence-corrected chi connectivity index (χ0v) is 16.3. The number of nitrogens with zero attached hydrogens (tertiary/aromatic N) is 1. The fourth-order valence-electron chi connectivity index (χ4n) is 5.67. The number of fused-ring (bicyclic) bond motifs is 4. The molecule has 140 valence electrons. The molecule has 2 saturated carbocycles. The van der Waals surface area contributed by atoms with Gasteiger partial charge >= 0.3 is 5.97 Å². The Labute approximate surface area is 171 Å². The molecule has 2 heterocycles. The Morgan fingerprint density at radius 1 is 1.04 bits per heavy atom. The van der Waals surface area contributed by atoms with Crippen LogP contribution in [0.3, 0.4) is 0 Å². The summed E-state index contributed by atoms with van der Waals surface area (Å²) >= 11 is 7.97. The number of hydrogen-bond acceptors (Lipinski definition) is 3. The molecule has 0 aromatic heterocycles. The Hall–Kier alpha value is -2.24. The minimum absolute atomic E-state index is 0.0727. The van der Waals surface area contributed by atoms with Crippen LogP contribution >= 0.6 is 23.4 Å². The maximum Gasteiger partial charge on any atom is 0.352 e. The monoisotopic (exact) mass is 409 g/mol. The maximum atomic E-state index is 12.2. The third-order valence-corrected chi connectivity index (χ3v) is 9.46. The third kappa shape index (κ3) is 1.56. The van der Waals surface area contributed by atoms with Crippen LogP contribution in [-0.4, -0.2) is 37.4 Å². The van der Waals surface area contributed by atoms with E-state index in [1.807, 2.05) is 42.5 Å². The van der Waals surface area contributed by atoms with Gasteiger partial charge in [-0.1, -0.05) is 60.7 Å². The molecule has 2 aliphatic heterocycles. The van der Waals surface area contributed by atoms with Gasteiger partial charge in [-0.2, -0.15) is 0 Å². The summed E-state index contributed by atoms with van der Waals surface area (Å²) in [7, 11) is 0. The first-order valence-electron chi connectivity index (χ1n) is 9.22. The van der Waals surface area contributed by atoms with Crippen molar-refractivity contribution in [1.29, 1.82) is 0 Å². The molecule has 28 heavy (non-hydrogen) atoms. The van der Waals surface area contributed by atoms with E-state index in [0.717, 1.165) is 6.42 Å². The number of hydrogen-bond donors (Lipinski definition) is 1. The van der Waals surface area contributed by atoms with Gasteiger partial charge in [0.15, 0.2) is 0 Å². The molecule has 4 aliphatic rings. The van der Waals surface area contributed by atoms with E-state index >= 15 is 0 Å². The minimum Gasteiger partial charge on any atom is -0.477 e. The number of carboxylic acids is 1. The maximum absolute atomic E-state index is 12.2. The first-order valence-corrected chi connectivity index (χ1v) is 10.5. The summed E-state index contributed by atoms with van der Waals surface area (Å²) in [6.45, 7) is 0. The second-order valence-electron chi connectivity index (χ2n) is 7.91. The van der Waals surface area contributed by atoms with Crippen LogP contribution in [-0.2, 0) is 20.4 Å². The molecule has 1 saturated heterocycles. The van der Waals surface area contributed by atoms with E-state index in [4.69, 9.17) is 11.6 Å². The highest BCUT2D eigenvalue weighted by molar-refractivity contribution is 8.02. The lowest BCUT2D eigenvalue weighted by Crippen LogP contribution is -2.64. The lowest BCUT2D eigenvalue weighted by atomic mass is 9.91. The van der Waals surface area contributed by atoms with Crippen molar-refractivity contribution in [3.63, 3.8) is 0 Å². The number of amides is 1. The number of carboxylic acid groups (broad SMARTS) is 1. The Morgan fingerprint density at radius 3 is 2.07 bits per heavy atom. The van der Waals surface area contributed by atoms with Gasteiger partial charge < -0.3 is 5.11 Å². The van der Waals surface area contributed by atoms with Gasteiger partial charge in [-0.05, 0) is 23.6 Å². The molecule has 4 nitrogen and oxygen atoms in total. The van der Waals surface area contributed by atoms with E-state index in [1.54, 1.807) is 11.8 Å². The molecular weight excluding hydrogens is 394 g/mol. The van der Waals surface area contributed by atoms with Crippen LogP contribution < -0.4 is 0 Å². The standard InChI is InChI=1S/C22H16ClNO3S/c23-16-17(25)24-15(19(26)27)11-22(28-18(16)24)20(13-7-3-1-4-8-13)12-21(20,22)14-9-5-2-6-10-14/h1-11,16,18H,12H2,(H,26,27)/t16-,18-,20?,21?,22?/m0/s1. The number of rotatable bonds is 3. The van der Waals surface area contributed by atoms with Crippen molar-refractivity contribution < 1.29 is 14.7 Å². The highest BCUT2D eigenvalue weighted by atomic mass is 35.5. The average molecular weight is 410 g/mol. The van der Waals surface area contributed by atoms with Gasteiger partial charge in [-0.25, -0.2) is 4.79 Å². The quantitative estimate of drug-likeness (QED) is 0.622. The zero-order chi connectivity index (χ0) is 19.3. The summed E-state index contributed by atoms with van der Waals surface area (Å²) in [5.74, 6) is -1.39. The van der Waals surface area contributed by atoms with Crippen molar-refractivity contribution in [1.82, 2.24) is 4.90 Å². The number of benzene rings is 2. The molecule has 2 aromatic carbocycles. The molecule has 1 N–H and O–H groups in total. The summed E-state index contributed by atoms with van der Waals surface area (Å²) < 4.78 is -0.397. The van der Waals surface area contributed by atoms with Gasteiger partial charge in [-0.3, -0.25) is 9.69 Å². The molecule has 0 radical (unpaired) electrons. The lowest BCUT2D eigenvalue weighted by molar-refractivity contribution is -0.145. The van der Waals surface area contributed by atoms with E-state index in [2.05, 4.69) is 24.3 Å². The van der Waals surface area contributed by atoms with Crippen molar-refractivity contribution >= 4 is 35.2 Å². The number of alkyl halides is 1. The van der Waals surface area contributed by atoms with Crippen LogP contribution in [0.15, 0.2) is 72.4 Å². The topological polar surface area (TPSA) is 57.6 Å². The Bertz CT molecular complexity index is 1020. The van der Waals surface area contributed by atoms with Crippen LogP contribution in [0.4, 0.5) is 0 Å². The highest BCUT2D eigenvalue weighted by Gasteiger charge is 3.01. The normalized spacial score (nSPS) is 39.5. The van der Waals surface area contributed by atoms with Gasteiger partial charge in [0.05, 0.1) is 4.75 Å². The first kappa shape index (κ1) is 16.7. The van der Waals surface area contributed by atoms with E-state index in [-0.39, 0.29) is 27.8 Å². The number of halogens is 1. The minimum atomic E-state index is -1.07. The summed E-state index contributed by atoms with van der Waals surface area (Å²) in [5, 5.41) is 8.81. The average Bonchev–Trinajstić information content (AvgIpc) is 3.59. The Morgan fingerprint density at radius 2 is 1.57 bits per heavy atom. The summed E-state index contributed by atoms with van der Waals surface area (Å²) in [6.07, 6.45) is 2.80. The van der Waals surface area contributed by atoms with Crippen LogP contribution in [0.5, 0.6) is 0 Å². The first-order chi connectivity index (χ1) is 13.5. The van der Waals surface area contributed by atoms with E-state index < -0.39 is 16.1 Å². The molecule has 6 rings (SSSR count). The smallest absolute Gasteiger partial charge is 0.352 e. The fourth-order valence-corrected chi connectivity index (χ4v) is 8.24. The zero-order valence-electron chi connectivity index (χ0n) is 14.7. The lowest BCUT2D eigenvalue weighted by Gasteiger charge is -2.50. The van der Waals surface area contributed by atoms with Gasteiger partial charge in [0.25, 0.3) is 0 Å². The SMILES string of the molecule is O=C(O)C1=CC2(S[C@H]3[C@@H](Cl)C(=O)N13)C1(c3ccccc3)CC21c1ccccc1. The molecule has 2 unspecified atom stereocenters. The summed E-state index contributed by atoms with van der Waals surface area (Å²) in [5.41, 5.74) is 2.20. The second-order valence-corrected chi connectivity index (χ2v) is 9.74. The second kappa shape index (κ2) is 5.02. The third-order valence-electron chi connectivity index (χ3n) is 6.98. The van der Waals surface area contributed by atoms with Gasteiger partial charge in [0.2, 0.25) is 5.91 Å². The largest absolute Gasteiger partial charge is 0.477 e. The molecule has 1 spiro atoms. The number of carbonyl (C=O) groups excluding carboxylic acids is 1. The van der Waals surface area contributed by atoms with Crippen LogP contribution in [0.1, 0.15) is 17.5 Å². The molecule has 6 heteroatoms. The van der Waals surface area contributed by atoms with Gasteiger partial charge in [0, 0.05) is 10.8 Å². The predicted molar refractivity (Wildman–Crippen MR) is 107 cm³/mol. The molecule has 0 bridgehead atoms. The molecule has 3 fully saturated rings. The Balaban J connectivity index is 1.57. The molecule has 1 amide bonds. The van der Waals surface area contributed by atoms with Crippen molar-refractivity contribution in [3.05, 3.63) is 83.6 Å². The molecular formula is C22H16ClNO3S. The number of thioether (sulfide) groups is 1. The van der Waals surface area contributed by atoms with Crippen molar-refractivity contribution in [2.24, 2.45) is 0 Å². The number of β-lactam (4-membered cyclic amide) rings is 1. The number of aliphatic carboxylic acids is 1.